The minimum atomic E-state index is 0.482. The van der Waals surface area contributed by atoms with Crippen LogP contribution in [0.15, 0.2) is 23.6 Å². The zero-order valence-electron chi connectivity index (χ0n) is 16.2. The average Bonchev–Trinajstić information content (AvgIpc) is 2.95. The molecule has 1 aromatic carbocycles. The van der Waals surface area contributed by atoms with Crippen LogP contribution in [0.25, 0.3) is 0 Å². The molecule has 0 unspecified atom stereocenters. The molecule has 0 aliphatic carbocycles. The molecule has 1 fully saturated rings. The van der Waals surface area contributed by atoms with E-state index in [9.17, 15) is 0 Å². The molecule has 0 N–H and O–H groups in total. The van der Waals surface area contributed by atoms with Crippen LogP contribution < -0.4 is 14.2 Å². The van der Waals surface area contributed by atoms with Crippen molar-refractivity contribution in [3.63, 3.8) is 0 Å². The predicted molar refractivity (Wildman–Crippen MR) is 107 cm³/mol. The van der Waals surface area contributed by atoms with Crippen molar-refractivity contribution in [3.05, 3.63) is 39.6 Å². The summed E-state index contributed by atoms with van der Waals surface area (Å²) in [5.41, 5.74) is 2.55. The highest BCUT2D eigenvalue weighted by molar-refractivity contribution is 7.10. The summed E-state index contributed by atoms with van der Waals surface area (Å²) in [6.07, 6.45) is 5.07. The van der Waals surface area contributed by atoms with Gasteiger partial charge in [-0.05, 0) is 49.4 Å². The molecule has 5 heteroatoms. The van der Waals surface area contributed by atoms with Gasteiger partial charge in [-0.1, -0.05) is 12.8 Å². The molecule has 142 valence electrons. The SMILES string of the molecule is COc1cc(OC)c(OC)cc1CN1CCCCC[C@H]1c1sccc1C. The van der Waals surface area contributed by atoms with Crippen LogP contribution in [-0.4, -0.2) is 32.8 Å². The molecule has 1 atom stereocenters. The van der Waals surface area contributed by atoms with E-state index in [0.29, 0.717) is 11.8 Å². The van der Waals surface area contributed by atoms with E-state index in [1.165, 1.54) is 36.1 Å². The number of aryl methyl sites for hydroxylation is 1. The lowest BCUT2D eigenvalue weighted by Crippen LogP contribution is -2.28. The number of ether oxygens (including phenoxy) is 3. The number of hydrogen-bond donors (Lipinski definition) is 0. The number of methoxy groups -OCH3 is 3. The molecule has 4 nitrogen and oxygen atoms in total. The second kappa shape index (κ2) is 8.78. The molecule has 0 spiro atoms. The minimum absolute atomic E-state index is 0.482. The van der Waals surface area contributed by atoms with Crippen molar-refractivity contribution in [3.8, 4) is 17.2 Å². The molecule has 2 heterocycles. The fourth-order valence-electron chi connectivity index (χ4n) is 3.81. The van der Waals surface area contributed by atoms with Gasteiger partial charge in [-0.25, -0.2) is 0 Å². The van der Waals surface area contributed by atoms with E-state index in [1.807, 2.05) is 17.4 Å². The largest absolute Gasteiger partial charge is 0.496 e. The minimum Gasteiger partial charge on any atom is -0.496 e. The molecular formula is C21H29NO3S. The molecule has 0 amide bonds. The normalized spacial score (nSPS) is 18.4. The molecule has 1 aromatic heterocycles. The van der Waals surface area contributed by atoms with Crippen molar-refractivity contribution in [2.45, 2.75) is 45.2 Å². The van der Waals surface area contributed by atoms with Crippen LogP contribution in [0.3, 0.4) is 0 Å². The van der Waals surface area contributed by atoms with Gasteiger partial charge >= 0.3 is 0 Å². The quantitative estimate of drug-likeness (QED) is 0.694. The Morgan fingerprint density at radius 3 is 2.38 bits per heavy atom. The summed E-state index contributed by atoms with van der Waals surface area (Å²) in [7, 11) is 5.05. The van der Waals surface area contributed by atoms with Crippen LogP contribution in [0, 0.1) is 6.92 Å². The summed E-state index contributed by atoms with van der Waals surface area (Å²) in [4.78, 5) is 4.11. The maximum absolute atomic E-state index is 5.65. The number of thiophene rings is 1. The third-order valence-corrected chi connectivity index (χ3v) is 6.35. The van der Waals surface area contributed by atoms with Gasteiger partial charge in [0, 0.05) is 29.1 Å². The Bertz CT molecular complexity index is 728. The molecule has 1 aliphatic heterocycles. The number of nitrogens with zero attached hydrogens (tertiary/aromatic N) is 1. The van der Waals surface area contributed by atoms with Crippen LogP contribution >= 0.6 is 11.3 Å². The first-order valence-electron chi connectivity index (χ1n) is 9.24. The number of rotatable bonds is 6. The molecule has 0 saturated carbocycles. The Balaban J connectivity index is 1.93. The first-order chi connectivity index (χ1) is 12.7. The summed E-state index contributed by atoms with van der Waals surface area (Å²) in [5, 5.41) is 2.21. The van der Waals surface area contributed by atoms with Gasteiger partial charge in [-0.15, -0.1) is 11.3 Å². The Morgan fingerprint density at radius 1 is 1.00 bits per heavy atom. The smallest absolute Gasteiger partial charge is 0.164 e. The molecular weight excluding hydrogens is 346 g/mol. The van der Waals surface area contributed by atoms with Crippen molar-refractivity contribution < 1.29 is 14.2 Å². The summed E-state index contributed by atoms with van der Waals surface area (Å²) < 4.78 is 16.6. The zero-order chi connectivity index (χ0) is 18.5. The second-order valence-electron chi connectivity index (χ2n) is 6.82. The molecule has 1 saturated heterocycles. The zero-order valence-corrected chi connectivity index (χ0v) is 17.0. The van der Waals surface area contributed by atoms with Gasteiger partial charge in [0.2, 0.25) is 0 Å². The van der Waals surface area contributed by atoms with Crippen molar-refractivity contribution in [2.24, 2.45) is 0 Å². The van der Waals surface area contributed by atoms with Gasteiger partial charge < -0.3 is 14.2 Å². The van der Waals surface area contributed by atoms with E-state index in [2.05, 4.69) is 29.3 Å². The predicted octanol–water partition coefficient (Wildman–Crippen LogP) is 5.20. The van der Waals surface area contributed by atoms with E-state index in [4.69, 9.17) is 14.2 Å². The van der Waals surface area contributed by atoms with Crippen LogP contribution in [0.1, 0.15) is 47.7 Å². The number of hydrogen-bond acceptors (Lipinski definition) is 5. The Kier molecular flexibility index (Phi) is 6.43. The third kappa shape index (κ3) is 3.99. The maximum Gasteiger partial charge on any atom is 0.164 e. The molecule has 0 radical (unpaired) electrons. The molecule has 3 rings (SSSR count). The lowest BCUT2D eigenvalue weighted by Gasteiger charge is -2.30. The van der Waals surface area contributed by atoms with Gasteiger partial charge in [0.05, 0.1) is 21.3 Å². The van der Waals surface area contributed by atoms with E-state index in [0.717, 1.165) is 30.2 Å². The van der Waals surface area contributed by atoms with E-state index in [1.54, 1.807) is 21.3 Å². The monoisotopic (exact) mass is 375 g/mol. The first-order valence-corrected chi connectivity index (χ1v) is 10.1. The molecule has 1 aliphatic rings. The lowest BCUT2D eigenvalue weighted by molar-refractivity contribution is 0.192. The van der Waals surface area contributed by atoms with Crippen molar-refractivity contribution >= 4 is 11.3 Å². The van der Waals surface area contributed by atoms with Gasteiger partial charge in [0.1, 0.15) is 5.75 Å². The van der Waals surface area contributed by atoms with Crippen molar-refractivity contribution in [2.75, 3.05) is 27.9 Å². The summed E-state index contributed by atoms with van der Waals surface area (Å²) in [6, 6.07) is 6.70. The van der Waals surface area contributed by atoms with Gasteiger partial charge in [0.25, 0.3) is 0 Å². The standard InChI is InChI=1S/C21H29NO3S/c1-15-9-11-26-21(15)17-8-6-5-7-10-22(17)14-16-12-19(24-3)20(25-4)13-18(16)23-2/h9,11-13,17H,5-8,10,14H2,1-4H3/t17-/m0/s1. The lowest BCUT2D eigenvalue weighted by atomic mass is 10.0. The first kappa shape index (κ1) is 19.1. The fourth-order valence-corrected chi connectivity index (χ4v) is 4.91. The second-order valence-corrected chi connectivity index (χ2v) is 7.77. The Morgan fingerprint density at radius 2 is 1.73 bits per heavy atom. The Hall–Kier alpha value is -1.72. The van der Waals surface area contributed by atoms with Gasteiger partial charge in [-0.3, -0.25) is 4.90 Å². The van der Waals surface area contributed by atoms with E-state index >= 15 is 0 Å². The third-order valence-electron chi connectivity index (χ3n) is 5.23. The van der Waals surface area contributed by atoms with Crippen LogP contribution in [-0.2, 0) is 6.54 Å². The maximum atomic E-state index is 5.65. The summed E-state index contributed by atoms with van der Waals surface area (Å²) in [5.74, 6) is 2.31. The van der Waals surface area contributed by atoms with E-state index in [-0.39, 0.29) is 0 Å². The molecule has 26 heavy (non-hydrogen) atoms. The van der Waals surface area contributed by atoms with Crippen LogP contribution in [0.5, 0.6) is 17.2 Å². The number of likely N-dealkylation sites (tertiary alicyclic amines) is 1. The van der Waals surface area contributed by atoms with Crippen molar-refractivity contribution in [1.29, 1.82) is 0 Å². The Labute approximate surface area is 160 Å². The van der Waals surface area contributed by atoms with Crippen LogP contribution in [0.2, 0.25) is 0 Å². The molecule has 0 bridgehead atoms. The summed E-state index contributed by atoms with van der Waals surface area (Å²) >= 11 is 1.89. The van der Waals surface area contributed by atoms with Crippen LogP contribution in [0.4, 0.5) is 0 Å². The topological polar surface area (TPSA) is 30.9 Å². The average molecular weight is 376 g/mol. The van der Waals surface area contributed by atoms with Crippen molar-refractivity contribution in [1.82, 2.24) is 4.90 Å². The highest BCUT2D eigenvalue weighted by Gasteiger charge is 2.26. The number of benzene rings is 1. The highest BCUT2D eigenvalue weighted by Crippen LogP contribution is 2.39. The van der Waals surface area contributed by atoms with Gasteiger partial charge in [0.15, 0.2) is 11.5 Å². The summed E-state index contributed by atoms with van der Waals surface area (Å²) in [6.45, 7) is 4.19. The molecule has 2 aromatic rings. The fraction of sp³-hybridized carbons (Fsp3) is 0.524. The van der Waals surface area contributed by atoms with E-state index < -0.39 is 0 Å². The van der Waals surface area contributed by atoms with Gasteiger partial charge in [-0.2, -0.15) is 0 Å². The highest BCUT2D eigenvalue weighted by atomic mass is 32.1.